The first-order valence-electron chi connectivity index (χ1n) is 11.4. The summed E-state index contributed by atoms with van der Waals surface area (Å²) in [6, 6.07) is 13.3. The molecule has 6 nitrogen and oxygen atoms in total. The smallest absolute Gasteiger partial charge is 0.261 e. The number of nitrogens with zero attached hydrogens (tertiary/aromatic N) is 1. The standard InChI is InChI=1S/C25H26N2O4S/c28-23-21-3-1-2-4-22(21)24(29)27(23)15-16-5-7-20(8-6-16)32(30,31)26-25-12-17-9-18(13-25)11-19(10-17)14-25/h1-8,17-19,26H,9-15H2. The minimum absolute atomic E-state index is 0.120. The van der Waals surface area contributed by atoms with Crippen LogP contribution in [0.25, 0.3) is 0 Å². The zero-order chi connectivity index (χ0) is 22.1. The highest BCUT2D eigenvalue weighted by Crippen LogP contribution is 2.56. The Morgan fingerprint density at radius 2 is 1.31 bits per heavy atom. The van der Waals surface area contributed by atoms with Crippen molar-refractivity contribution in [3.8, 4) is 0 Å². The van der Waals surface area contributed by atoms with Crippen LogP contribution in [0.5, 0.6) is 0 Å². The van der Waals surface area contributed by atoms with Crippen molar-refractivity contribution in [2.24, 2.45) is 17.8 Å². The Kier molecular flexibility index (Phi) is 4.40. The Hall–Kier alpha value is -2.51. The Labute approximate surface area is 188 Å². The van der Waals surface area contributed by atoms with Crippen molar-refractivity contribution in [2.75, 3.05) is 0 Å². The molecular formula is C25H26N2O4S. The number of hydrogen-bond donors (Lipinski definition) is 1. The van der Waals surface area contributed by atoms with Gasteiger partial charge in [-0.3, -0.25) is 14.5 Å². The lowest BCUT2D eigenvalue weighted by molar-refractivity contribution is -0.00811. The first-order valence-corrected chi connectivity index (χ1v) is 12.9. The summed E-state index contributed by atoms with van der Waals surface area (Å²) in [6.45, 7) is 0.120. The average Bonchev–Trinajstić information content (AvgIpc) is 2.98. The van der Waals surface area contributed by atoms with E-state index in [0.717, 1.165) is 19.3 Å². The number of nitrogens with one attached hydrogen (secondary N) is 1. The molecule has 1 heterocycles. The molecular weight excluding hydrogens is 424 g/mol. The summed E-state index contributed by atoms with van der Waals surface area (Å²) in [7, 11) is -3.63. The highest BCUT2D eigenvalue weighted by molar-refractivity contribution is 7.89. The molecule has 0 aromatic heterocycles. The fourth-order valence-electron chi connectivity index (χ4n) is 6.92. The van der Waals surface area contributed by atoms with E-state index >= 15 is 0 Å². The largest absolute Gasteiger partial charge is 0.270 e. The van der Waals surface area contributed by atoms with E-state index in [4.69, 9.17) is 0 Å². The van der Waals surface area contributed by atoms with E-state index in [2.05, 4.69) is 4.72 Å². The molecule has 0 atom stereocenters. The normalized spacial score (nSPS) is 30.8. The van der Waals surface area contributed by atoms with Gasteiger partial charge in [0.25, 0.3) is 11.8 Å². The fourth-order valence-corrected chi connectivity index (χ4v) is 8.35. The van der Waals surface area contributed by atoms with Gasteiger partial charge < -0.3 is 0 Å². The third kappa shape index (κ3) is 3.21. The lowest BCUT2D eigenvalue weighted by Gasteiger charge is -2.56. The predicted molar refractivity (Wildman–Crippen MR) is 118 cm³/mol. The molecule has 7 heteroatoms. The van der Waals surface area contributed by atoms with E-state index in [9.17, 15) is 18.0 Å². The predicted octanol–water partition coefficient (Wildman–Crippen LogP) is 3.73. The van der Waals surface area contributed by atoms with Crippen LogP contribution in [0.4, 0.5) is 0 Å². The molecule has 0 spiro atoms. The molecule has 1 N–H and O–H groups in total. The van der Waals surface area contributed by atoms with Gasteiger partial charge in [0.1, 0.15) is 0 Å². The van der Waals surface area contributed by atoms with Crippen LogP contribution in [0.2, 0.25) is 0 Å². The zero-order valence-corrected chi connectivity index (χ0v) is 18.6. The van der Waals surface area contributed by atoms with Gasteiger partial charge in [-0.25, -0.2) is 13.1 Å². The number of benzene rings is 2. The van der Waals surface area contributed by atoms with Crippen molar-refractivity contribution in [1.29, 1.82) is 0 Å². The van der Waals surface area contributed by atoms with Gasteiger partial charge in [-0.1, -0.05) is 24.3 Å². The Morgan fingerprint density at radius 3 is 1.81 bits per heavy atom. The summed E-state index contributed by atoms with van der Waals surface area (Å²) >= 11 is 0. The molecule has 0 unspecified atom stereocenters. The molecule has 1 aliphatic heterocycles. The van der Waals surface area contributed by atoms with Gasteiger partial charge in [0.2, 0.25) is 10.0 Å². The number of rotatable bonds is 5. The summed E-state index contributed by atoms with van der Waals surface area (Å²) in [5, 5.41) is 0. The van der Waals surface area contributed by atoms with E-state index in [1.807, 2.05) is 0 Å². The van der Waals surface area contributed by atoms with E-state index < -0.39 is 10.0 Å². The highest BCUT2D eigenvalue weighted by Gasteiger charge is 2.52. The average molecular weight is 451 g/mol. The first kappa shape index (κ1) is 20.1. The lowest BCUT2D eigenvalue weighted by atomic mass is 9.53. The van der Waals surface area contributed by atoms with Crippen LogP contribution in [0.15, 0.2) is 53.4 Å². The molecule has 4 fully saturated rings. The third-order valence-corrected chi connectivity index (χ3v) is 9.44. The maximum atomic E-state index is 13.2. The summed E-state index contributed by atoms with van der Waals surface area (Å²) in [6.07, 6.45) is 6.64. The molecule has 2 aromatic carbocycles. The Bertz CT molecular complexity index is 1150. The zero-order valence-electron chi connectivity index (χ0n) is 17.8. The van der Waals surface area contributed by atoms with Gasteiger partial charge in [-0.2, -0.15) is 0 Å². The van der Waals surface area contributed by atoms with Crippen molar-refractivity contribution in [3.63, 3.8) is 0 Å². The summed E-state index contributed by atoms with van der Waals surface area (Å²) in [5.41, 5.74) is 1.26. The van der Waals surface area contributed by atoms with Crippen LogP contribution < -0.4 is 4.72 Å². The summed E-state index contributed by atoms with van der Waals surface area (Å²) < 4.78 is 29.5. The monoisotopic (exact) mass is 450 g/mol. The maximum Gasteiger partial charge on any atom is 0.261 e. The lowest BCUT2D eigenvalue weighted by Crippen LogP contribution is -2.59. The van der Waals surface area contributed by atoms with Gasteiger partial charge in [0, 0.05) is 5.54 Å². The van der Waals surface area contributed by atoms with E-state index in [1.165, 1.54) is 24.2 Å². The van der Waals surface area contributed by atoms with Crippen molar-refractivity contribution in [3.05, 3.63) is 65.2 Å². The van der Waals surface area contributed by atoms with Gasteiger partial charge in [-0.05, 0) is 86.1 Å². The molecule has 0 radical (unpaired) electrons. The molecule has 2 amide bonds. The van der Waals surface area contributed by atoms with Crippen LogP contribution in [0.1, 0.15) is 64.8 Å². The van der Waals surface area contributed by atoms with Crippen LogP contribution in [0.3, 0.4) is 0 Å². The Morgan fingerprint density at radius 1 is 0.812 bits per heavy atom. The molecule has 5 aliphatic rings. The van der Waals surface area contributed by atoms with Crippen molar-refractivity contribution >= 4 is 21.8 Å². The van der Waals surface area contributed by atoms with E-state index in [0.29, 0.717) is 34.4 Å². The SMILES string of the molecule is O=C1c2ccccc2C(=O)N1Cc1ccc(S(=O)(=O)NC23CC4CC(CC(C4)C2)C3)cc1. The number of hydrogen-bond acceptors (Lipinski definition) is 4. The number of carbonyl (C=O) groups is 2. The molecule has 0 saturated heterocycles. The second-order valence-corrected chi connectivity index (χ2v) is 11.9. The summed E-state index contributed by atoms with van der Waals surface area (Å²) in [4.78, 5) is 26.6. The van der Waals surface area contributed by atoms with Crippen molar-refractivity contribution in [1.82, 2.24) is 9.62 Å². The van der Waals surface area contributed by atoms with Crippen molar-refractivity contribution < 1.29 is 18.0 Å². The maximum absolute atomic E-state index is 13.2. The molecule has 7 rings (SSSR count). The minimum atomic E-state index is -3.63. The van der Waals surface area contributed by atoms with Crippen LogP contribution in [-0.2, 0) is 16.6 Å². The number of sulfonamides is 1. The fraction of sp³-hybridized carbons (Fsp3) is 0.440. The molecule has 4 saturated carbocycles. The molecule has 2 aromatic rings. The summed E-state index contributed by atoms with van der Waals surface area (Å²) in [5.74, 6) is 1.35. The molecule has 32 heavy (non-hydrogen) atoms. The second kappa shape index (κ2) is 6.99. The van der Waals surface area contributed by atoms with Gasteiger partial charge in [0.05, 0.1) is 22.6 Å². The second-order valence-electron chi connectivity index (χ2n) is 10.2. The minimum Gasteiger partial charge on any atom is -0.270 e. The number of imide groups is 1. The molecule has 4 bridgehead atoms. The van der Waals surface area contributed by atoms with Gasteiger partial charge in [-0.15, -0.1) is 0 Å². The third-order valence-electron chi connectivity index (χ3n) is 7.84. The van der Waals surface area contributed by atoms with E-state index in [-0.39, 0.29) is 28.8 Å². The molecule has 166 valence electrons. The van der Waals surface area contributed by atoms with Gasteiger partial charge in [0.15, 0.2) is 0 Å². The van der Waals surface area contributed by atoms with E-state index in [1.54, 1.807) is 48.5 Å². The highest BCUT2D eigenvalue weighted by atomic mass is 32.2. The first-order chi connectivity index (χ1) is 15.3. The van der Waals surface area contributed by atoms with Crippen LogP contribution >= 0.6 is 0 Å². The van der Waals surface area contributed by atoms with Crippen LogP contribution in [-0.4, -0.2) is 30.7 Å². The Balaban J connectivity index is 1.19. The number of fused-ring (bicyclic) bond motifs is 1. The topological polar surface area (TPSA) is 83.6 Å². The number of carbonyl (C=O) groups excluding carboxylic acids is 2. The van der Waals surface area contributed by atoms with Gasteiger partial charge >= 0.3 is 0 Å². The van der Waals surface area contributed by atoms with Crippen LogP contribution in [0, 0.1) is 17.8 Å². The number of amides is 2. The van der Waals surface area contributed by atoms with Crippen molar-refractivity contribution in [2.45, 2.75) is 55.5 Å². The molecule has 4 aliphatic carbocycles. The quantitative estimate of drug-likeness (QED) is 0.704.